The average molecular weight is 435 g/mol. The van der Waals surface area contributed by atoms with Crippen LogP contribution in [-0.4, -0.2) is 9.97 Å². The first-order valence-electron chi connectivity index (χ1n) is 11.7. The standard InChI is InChI=1S/C30H30N2O/c1-19(2)14-28-29-24(11-13-33-29)25(18-32-28)21-10-12-31-27(17-21)22-15-20-8-6-7-9-23(20)26(16-22)30(3,4)5/h6-13,15-19H,14H2,1-5H3. The van der Waals surface area contributed by atoms with Crippen molar-refractivity contribution >= 4 is 21.7 Å². The van der Waals surface area contributed by atoms with E-state index in [1.54, 1.807) is 6.26 Å². The SMILES string of the molecule is CC(C)Cc1ncc(-c2ccnc(-c3cc(C(C)(C)C)c4ccccc4c3)c2)c2ccoc12. The second-order valence-corrected chi connectivity index (χ2v) is 10.3. The van der Waals surface area contributed by atoms with Gasteiger partial charge in [0.05, 0.1) is 17.7 Å². The van der Waals surface area contributed by atoms with Gasteiger partial charge in [0.1, 0.15) is 0 Å². The van der Waals surface area contributed by atoms with Crippen molar-refractivity contribution in [2.75, 3.05) is 0 Å². The molecule has 5 aromatic rings. The van der Waals surface area contributed by atoms with Gasteiger partial charge in [-0.05, 0) is 70.0 Å². The lowest BCUT2D eigenvalue weighted by Gasteiger charge is -2.22. The summed E-state index contributed by atoms with van der Waals surface area (Å²) in [5, 5.41) is 3.64. The van der Waals surface area contributed by atoms with Crippen LogP contribution < -0.4 is 0 Å². The zero-order valence-corrected chi connectivity index (χ0v) is 20.0. The second kappa shape index (κ2) is 8.15. The van der Waals surface area contributed by atoms with Crippen LogP contribution in [0.15, 0.2) is 77.7 Å². The molecule has 33 heavy (non-hydrogen) atoms. The van der Waals surface area contributed by atoms with Crippen LogP contribution in [0.2, 0.25) is 0 Å². The summed E-state index contributed by atoms with van der Waals surface area (Å²) in [7, 11) is 0. The molecule has 2 aromatic carbocycles. The Bertz CT molecular complexity index is 1450. The van der Waals surface area contributed by atoms with Crippen molar-refractivity contribution in [2.45, 2.75) is 46.5 Å². The molecular weight excluding hydrogens is 404 g/mol. The van der Waals surface area contributed by atoms with E-state index >= 15 is 0 Å². The number of aromatic nitrogens is 2. The van der Waals surface area contributed by atoms with E-state index in [4.69, 9.17) is 14.4 Å². The van der Waals surface area contributed by atoms with Crippen molar-refractivity contribution in [2.24, 2.45) is 5.92 Å². The lowest BCUT2D eigenvalue weighted by Crippen LogP contribution is -2.12. The predicted octanol–water partition coefficient (Wildman–Crippen LogP) is 8.21. The van der Waals surface area contributed by atoms with E-state index in [0.717, 1.165) is 45.5 Å². The fraction of sp³-hybridized carbons (Fsp3) is 0.267. The average Bonchev–Trinajstić information content (AvgIpc) is 3.28. The Morgan fingerprint density at radius 1 is 0.879 bits per heavy atom. The van der Waals surface area contributed by atoms with Crippen molar-refractivity contribution in [3.8, 4) is 22.4 Å². The van der Waals surface area contributed by atoms with E-state index in [-0.39, 0.29) is 5.41 Å². The van der Waals surface area contributed by atoms with Gasteiger partial charge >= 0.3 is 0 Å². The summed E-state index contributed by atoms with van der Waals surface area (Å²) in [6, 6.07) is 19.4. The van der Waals surface area contributed by atoms with Crippen LogP contribution >= 0.6 is 0 Å². The highest BCUT2D eigenvalue weighted by atomic mass is 16.3. The number of rotatable bonds is 4. The van der Waals surface area contributed by atoms with Gasteiger partial charge in [0.2, 0.25) is 0 Å². The maximum Gasteiger partial charge on any atom is 0.155 e. The van der Waals surface area contributed by atoms with Gasteiger partial charge in [-0.1, -0.05) is 58.9 Å². The van der Waals surface area contributed by atoms with Crippen LogP contribution in [0.4, 0.5) is 0 Å². The minimum absolute atomic E-state index is 0.0341. The molecule has 0 radical (unpaired) electrons. The smallest absolute Gasteiger partial charge is 0.155 e. The highest BCUT2D eigenvalue weighted by Gasteiger charge is 2.19. The number of pyridine rings is 2. The summed E-state index contributed by atoms with van der Waals surface area (Å²) < 4.78 is 5.85. The van der Waals surface area contributed by atoms with Crippen molar-refractivity contribution < 1.29 is 4.42 Å². The van der Waals surface area contributed by atoms with Gasteiger partial charge < -0.3 is 4.42 Å². The molecule has 0 saturated carbocycles. The van der Waals surface area contributed by atoms with Gasteiger partial charge in [-0.15, -0.1) is 0 Å². The molecule has 3 nitrogen and oxygen atoms in total. The third-order valence-electron chi connectivity index (χ3n) is 6.21. The van der Waals surface area contributed by atoms with Crippen molar-refractivity contribution in [3.63, 3.8) is 0 Å². The summed E-state index contributed by atoms with van der Waals surface area (Å²) in [5.74, 6) is 0.522. The quantitative estimate of drug-likeness (QED) is 0.286. The fourth-order valence-electron chi connectivity index (χ4n) is 4.61. The van der Waals surface area contributed by atoms with E-state index in [0.29, 0.717) is 5.92 Å². The van der Waals surface area contributed by atoms with E-state index < -0.39 is 0 Å². The van der Waals surface area contributed by atoms with Crippen molar-refractivity contribution in [3.05, 3.63) is 84.5 Å². The molecule has 5 rings (SSSR count). The Kier molecular flexibility index (Phi) is 5.28. The molecule has 0 aliphatic heterocycles. The van der Waals surface area contributed by atoms with Gasteiger partial charge in [0.15, 0.2) is 5.58 Å². The second-order valence-electron chi connectivity index (χ2n) is 10.3. The number of hydrogen-bond acceptors (Lipinski definition) is 3. The summed E-state index contributed by atoms with van der Waals surface area (Å²) in [6.07, 6.45) is 6.54. The van der Waals surface area contributed by atoms with Gasteiger partial charge in [0, 0.05) is 28.9 Å². The monoisotopic (exact) mass is 434 g/mol. The number of benzene rings is 2. The Morgan fingerprint density at radius 3 is 2.48 bits per heavy atom. The third-order valence-corrected chi connectivity index (χ3v) is 6.21. The number of furan rings is 1. The summed E-state index contributed by atoms with van der Waals surface area (Å²) >= 11 is 0. The van der Waals surface area contributed by atoms with Gasteiger partial charge in [0.25, 0.3) is 0 Å². The number of hydrogen-bond donors (Lipinski definition) is 0. The van der Waals surface area contributed by atoms with Gasteiger partial charge in [-0.2, -0.15) is 0 Å². The summed E-state index contributed by atoms with van der Waals surface area (Å²) in [5.41, 5.74) is 7.55. The van der Waals surface area contributed by atoms with Crippen LogP contribution in [-0.2, 0) is 11.8 Å². The van der Waals surface area contributed by atoms with E-state index in [1.807, 2.05) is 18.5 Å². The first-order chi connectivity index (χ1) is 15.8. The molecule has 0 spiro atoms. The fourth-order valence-corrected chi connectivity index (χ4v) is 4.61. The van der Waals surface area contributed by atoms with Crippen LogP contribution in [0.5, 0.6) is 0 Å². The Labute approximate surface area is 195 Å². The molecule has 0 N–H and O–H groups in total. The number of nitrogens with zero attached hydrogens (tertiary/aromatic N) is 2. The largest absolute Gasteiger partial charge is 0.462 e. The highest BCUT2D eigenvalue weighted by Crippen LogP contribution is 2.36. The van der Waals surface area contributed by atoms with Gasteiger partial charge in [-0.25, -0.2) is 0 Å². The molecule has 0 fully saturated rings. The number of fused-ring (bicyclic) bond motifs is 2. The first-order valence-corrected chi connectivity index (χ1v) is 11.7. The minimum Gasteiger partial charge on any atom is -0.462 e. The zero-order valence-electron chi connectivity index (χ0n) is 20.0. The molecule has 0 unspecified atom stereocenters. The topological polar surface area (TPSA) is 38.9 Å². The highest BCUT2D eigenvalue weighted by molar-refractivity contribution is 5.95. The molecule has 0 aliphatic carbocycles. The molecule has 166 valence electrons. The zero-order chi connectivity index (χ0) is 23.2. The van der Waals surface area contributed by atoms with E-state index in [2.05, 4.69) is 83.1 Å². The normalized spacial score (nSPS) is 12.2. The van der Waals surface area contributed by atoms with Crippen LogP contribution in [0.3, 0.4) is 0 Å². The Hall–Kier alpha value is -3.46. The van der Waals surface area contributed by atoms with Crippen molar-refractivity contribution in [1.29, 1.82) is 0 Å². The van der Waals surface area contributed by atoms with Gasteiger partial charge in [-0.3, -0.25) is 9.97 Å². The third kappa shape index (κ3) is 4.04. The Morgan fingerprint density at radius 2 is 1.70 bits per heavy atom. The van der Waals surface area contributed by atoms with Crippen LogP contribution in [0.25, 0.3) is 44.1 Å². The molecular formula is C30H30N2O. The van der Waals surface area contributed by atoms with Crippen LogP contribution in [0, 0.1) is 5.92 Å². The molecule has 3 heteroatoms. The molecule has 3 heterocycles. The van der Waals surface area contributed by atoms with E-state index in [1.165, 1.54) is 16.3 Å². The maximum atomic E-state index is 5.85. The molecule has 0 aliphatic rings. The Balaban J connectivity index is 1.65. The maximum absolute atomic E-state index is 5.85. The lowest BCUT2D eigenvalue weighted by atomic mass is 9.82. The molecule has 3 aromatic heterocycles. The van der Waals surface area contributed by atoms with Crippen LogP contribution in [0.1, 0.15) is 45.9 Å². The molecule has 0 atom stereocenters. The molecule has 0 amide bonds. The summed E-state index contributed by atoms with van der Waals surface area (Å²) in [6.45, 7) is 11.2. The minimum atomic E-state index is 0.0341. The van der Waals surface area contributed by atoms with E-state index in [9.17, 15) is 0 Å². The summed E-state index contributed by atoms with van der Waals surface area (Å²) in [4.78, 5) is 9.52. The lowest BCUT2D eigenvalue weighted by molar-refractivity contribution is 0.587. The first kappa shape index (κ1) is 21.4. The molecule has 0 saturated heterocycles. The molecule has 0 bridgehead atoms. The van der Waals surface area contributed by atoms with Crippen molar-refractivity contribution in [1.82, 2.24) is 9.97 Å². The predicted molar refractivity (Wildman–Crippen MR) is 137 cm³/mol.